The molecule has 0 radical (unpaired) electrons. The third-order valence-corrected chi connectivity index (χ3v) is 4.51. The summed E-state index contributed by atoms with van der Waals surface area (Å²) in [6.45, 7) is 0.416. The van der Waals surface area contributed by atoms with E-state index in [2.05, 4.69) is 31.2 Å². The first kappa shape index (κ1) is 16.0. The molecule has 0 N–H and O–H groups in total. The molecule has 2 aromatic heterocycles. The summed E-state index contributed by atoms with van der Waals surface area (Å²) in [4.78, 5) is 17.1. The maximum Gasteiger partial charge on any atom is 0.283 e. The van der Waals surface area contributed by atoms with Crippen molar-refractivity contribution in [2.75, 3.05) is 0 Å². The van der Waals surface area contributed by atoms with Gasteiger partial charge in [-0.15, -0.1) is 5.10 Å². The summed E-state index contributed by atoms with van der Waals surface area (Å²) < 4.78 is 4.01. The summed E-state index contributed by atoms with van der Waals surface area (Å²) in [6.07, 6.45) is 1.51. The molecular formula is C17H11BrClN5O. The smallest absolute Gasteiger partial charge is 0.283 e. The van der Waals surface area contributed by atoms with E-state index in [1.54, 1.807) is 18.2 Å². The molecule has 4 rings (SSSR count). The first-order chi connectivity index (χ1) is 12.1. The molecule has 4 aromatic rings. The van der Waals surface area contributed by atoms with Crippen LogP contribution in [-0.4, -0.2) is 24.5 Å². The molecule has 0 unspecified atom stereocenters. The highest BCUT2D eigenvalue weighted by Crippen LogP contribution is 2.17. The predicted molar refractivity (Wildman–Crippen MR) is 99.2 cm³/mol. The average Bonchev–Trinajstić information content (AvgIpc) is 3.04. The van der Waals surface area contributed by atoms with Gasteiger partial charge in [-0.3, -0.25) is 9.36 Å². The Morgan fingerprint density at radius 1 is 1.12 bits per heavy atom. The van der Waals surface area contributed by atoms with Crippen LogP contribution in [-0.2, 0) is 6.54 Å². The minimum atomic E-state index is -0.235. The molecule has 0 fully saturated rings. The van der Waals surface area contributed by atoms with Crippen LogP contribution in [0.5, 0.6) is 0 Å². The van der Waals surface area contributed by atoms with Crippen molar-refractivity contribution in [1.82, 2.24) is 24.5 Å². The summed E-state index contributed by atoms with van der Waals surface area (Å²) in [5, 5.41) is 8.63. The SMILES string of the molecule is O=c1c2nnn(-c3cccc(Cl)c3)c2ncn1Cc1ccc(Br)cc1. The fraction of sp³-hybridized carbons (Fsp3) is 0.0588. The summed E-state index contributed by atoms with van der Waals surface area (Å²) in [7, 11) is 0. The molecule has 0 saturated heterocycles. The van der Waals surface area contributed by atoms with Crippen molar-refractivity contribution in [1.29, 1.82) is 0 Å². The van der Waals surface area contributed by atoms with Crippen molar-refractivity contribution < 1.29 is 0 Å². The monoisotopic (exact) mass is 415 g/mol. The van der Waals surface area contributed by atoms with E-state index in [1.165, 1.54) is 15.6 Å². The molecule has 6 nitrogen and oxygen atoms in total. The number of nitrogens with zero attached hydrogens (tertiary/aromatic N) is 5. The molecule has 0 atom stereocenters. The molecule has 2 heterocycles. The predicted octanol–water partition coefficient (Wildman–Crippen LogP) is 3.44. The van der Waals surface area contributed by atoms with Crippen molar-refractivity contribution in [3.63, 3.8) is 0 Å². The fourth-order valence-corrected chi connectivity index (χ4v) is 2.97. The largest absolute Gasteiger partial charge is 0.293 e. The third-order valence-electron chi connectivity index (χ3n) is 3.75. The van der Waals surface area contributed by atoms with Crippen LogP contribution in [0.1, 0.15) is 5.56 Å². The van der Waals surface area contributed by atoms with Gasteiger partial charge in [0.2, 0.25) is 0 Å². The van der Waals surface area contributed by atoms with Crippen LogP contribution < -0.4 is 5.56 Å². The van der Waals surface area contributed by atoms with Gasteiger partial charge >= 0.3 is 0 Å². The minimum absolute atomic E-state index is 0.222. The Balaban J connectivity index is 1.77. The number of hydrogen-bond donors (Lipinski definition) is 0. The second-order valence-corrected chi connectivity index (χ2v) is 6.81. The minimum Gasteiger partial charge on any atom is -0.293 e. The lowest BCUT2D eigenvalue weighted by molar-refractivity contribution is 0.745. The van der Waals surface area contributed by atoms with E-state index in [0.717, 1.165) is 10.0 Å². The van der Waals surface area contributed by atoms with E-state index in [1.807, 2.05) is 30.3 Å². The Hall–Kier alpha value is -2.51. The fourth-order valence-electron chi connectivity index (χ4n) is 2.52. The molecule has 0 saturated carbocycles. The van der Waals surface area contributed by atoms with Crippen LogP contribution in [0.4, 0.5) is 0 Å². The zero-order valence-electron chi connectivity index (χ0n) is 12.8. The first-order valence-electron chi connectivity index (χ1n) is 7.43. The molecule has 0 aliphatic heterocycles. The van der Waals surface area contributed by atoms with Gasteiger partial charge in [-0.2, -0.15) is 4.68 Å². The molecule has 0 aliphatic rings. The summed E-state index contributed by atoms with van der Waals surface area (Å²) >= 11 is 9.42. The molecule has 124 valence electrons. The summed E-state index contributed by atoms with van der Waals surface area (Å²) in [5.74, 6) is 0. The van der Waals surface area contributed by atoms with Crippen molar-refractivity contribution in [3.8, 4) is 5.69 Å². The lowest BCUT2D eigenvalue weighted by Crippen LogP contribution is -2.21. The number of benzene rings is 2. The lowest BCUT2D eigenvalue weighted by Gasteiger charge is -2.06. The van der Waals surface area contributed by atoms with Gasteiger partial charge in [0.15, 0.2) is 11.2 Å². The Morgan fingerprint density at radius 2 is 1.92 bits per heavy atom. The second kappa shape index (κ2) is 6.42. The molecule has 0 bridgehead atoms. The standard InChI is InChI=1S/C17H11BrClN5O/c18-12-6-4-11(5-7-12)9-23-10-20-16-15(17(23)25)21-22-24(16)14-3-1-2-13(19)8-14/h1-8,10H,9H2. The van der Waals surface area contributed by atoms with Crippen LogP contribution in [0.2, 0.25) is 5.02 Å². The van der Waals surface area contributed by atoms with E-state index in [9.17, 15) is 4.79 Å². The van der Waals surface area contributed by atoms with Gasteiger partial charge in [-0.25, -0.2) is 4.98 Å². The highest BCUT2D eigenvalue weighted by atomic mass is 79.9. The normalized spacial score (nSPS) is 11.1. The number of halogens is 2. The van der Waals surface area contributed by atoms with E-state index in [0.29, 0.717) is 22.9 Å². The first-order valence-corrected chi connectivity index (χ1v) is 8.60. The van der Waals surface area contributed by atoms with Crippen molar-refractivity contribution in [2.45, 2.75) is 6.54 Å². The molecule has 25 heavy (non-hydrogen) atoms. The number of rotatable bonds is 3. The summed E-state index contributed by atoms with van der Waals surface area (Å²) in [6, 6.07) is 14.9. The summed E-state index contributed by atoms with van der Waals surface area (Å²) in [5.41, 5.74) is 2.08. The lowest BCUT2D eigenvalue weighted by atomic mass is 10.2. The Bertz CT molecular complexity index is 1120. The Kier molecular flexibility index (Phi) is 4.10. The third kappa shape index (κ3) is 3.08. The van der Waals surface area contributed by atoms with Gasteiger partial charge in [-0.1, -0.05) is 50.9 Å². The molecular weight excluding hydrogens is 406 g/mol. The number of aromatic nitrogens is 5. The van der Waals surface area contributed by atoms with E-state index in [-0.39, 0.29) is 11.1 Å². The van der Waals surface area contributed by atoms with Gasteiger partial charge in [0.1, 0.15) is 6.33 Å². The highest BCUT2D eigenvalue weighted by Gasteiger charge is 2.13. The number of fused-ring (bicyclic) bond motifs is 1. The number of hydrogen-bond acceptors (Lipinski definition) is 4. The maximum absolute atomic E-state index is 12.7. The quantitative estimate of drug-likeness (QED) is 0.513. The van der Waals surface area contributed by atoms with E-state index >= 15 is 0 Å². The second-order valence-electron chi connectivity index (χ2n) is 5.46. The molecule has 0 spiro atoms. The Morgan fingerprint density at radius 3 is 2.68 bits per heavy atom. The highest BCUT2D eigenvalue weighted by molar-refractivity contribution is 9.10. The van der Waals surface area contributed by atoms with Crippen LogP contribution in [0.3, 0.4) is 0 Å². The molecule has 8 heteroatoms. The van der Waals surface area contributed by atoms with Gasteiger partial charge in [0, 0.05) is 9.50 Å². The molecule has 0 amide bonds. The van der Waals surface area contributed by atoms with Crippen LogP contribution in [0, 0.1) is 0 Å². The van der Waals surface area contributed by atoms with Crippen LogP contribution in [0.15, 0.2) is 64.1 Å². The van der Waals surface area contributed by atoms with Gasteiger partial charge < -0.3 is 0 Å². The zero-order chi connectivity index (χ0) is 17.4. The topological polar surface area (TPSA) is 65.6 Å². The maximum atomic E-state index is 12.7. The van der Waals surface area contributed by atoms with Crippen molar-refractivity contribution >= 4 is 38.7 Å². The van der Waals surface area contributed by atoms with Gasteiger partial charge in [0.05, 0.1) is 12.2 Å². The van der Waals surface area contributed by atoms with Gasteiger partial charge in [-0.05, 0) is 35.9 Å². The molecule has 2 aromatic carbocycles. The zero-order valence-corrected chi connectivity index (χ0v) is 15.1. The van der Waals surface area contributed by atoms with E-state index in [4.69, 9.17) is 11.6 Å². The Labute approximate surface area is 155 Å². The van der Waals surface area contributed by atoms with Crippen LogP contribution in [0.25, 0.3) is 16.9 Å². The molecule has 0 aliphatic carbocycles. The van der Waals surface area contributed by atoms with Gasteiger partial charge in [0.25, 0.3) is 5.56 Å². The van der Waals surface area contributed by atoms with Crippen LogP contribution >= 0.6 is 27.5 Å². The average molecular weight is 417 g/mol. The van der Waals surface area contributed by atoms with Crippen molar-refractivity contribution in [2.24, 2.45) is 0 Å². The van der Waals surface area contributed by atoms with Crippen molar-refractivity contribution in [3.05, 3.63) is 80.3 Å². The van der Waals surface area contributed by atoms with E-state index < -0.39 is 0 Å².